The lowest BCUT2D eigenvalue weighted by molar-refractivity contribution is -0.127. The molecule has 0 bridgehead atoms. The van der Waals surface area contributed by atoms with Crippen molar-refractivity contribution in [3.63, 3.8) is 0 Å². The van der Waals surface area contributed by atoms with E-state index in [4.69, 9.17) is 10.5 Å². The molecule has 0 spiro atoms. The Labute approximate surface area is 118 Å². The van der Waals surface area contributed by atoms with Crippen molar-refractivity contribution < 1.29 is 14.3 Å². The zero-order valence-electron chi connectivity index (χ0n) is 11.8. The second-order valence-corrected chi connectivity index (χ2v) is 4.80. The van der Waals surface area contributed by atoms with Crippen LogP contribution < -0.4 is 21.1 Å². The Morgan fingerprint density at radius 3 is 2.55 bits per heavy atom. The molecule has 6 heteroatoms. The SMILES string of the molecule is CC(C)CNC(=O)CNC(=O)COc1ccccc1N. The fraction of sp³-hybridized carbons (Fsp3) is 0.429. The van der Waals surface area contributed by atoms with Gasteiger partial charge in [-0.05, 0) is 18.1 Å². The van der Waals surface area contributed by atoms with Gasteiger partial charge >= 0.3 is 0 Å². The third-order valence-electron chi connectivity index (χ3n) is 2.43. The van der Waals surface area contributed by atoms with Gasteiger partial charge in [-0.25, -0.2) is 0 Å². The first-order valence-corrected chi connectivity index (χ1v) is 6.49. The third-order valence-corrected chi connectivity index (χ3v) is 2.43. The number of rotatable bonds is 7. The maximum Gasteiger partial charge on any atom is 0.258 e. The largest absolute Gasteiger partial charge is 0.482 e. The number of amides is 2. The predicted octanol–water partition coefficient (Wildman–Crippen LogP) is 0.536. The van der Waals surface area contributed by atoms with Crippen molar-refractivity contribution in [3.8, 4) is 5.75 Å². The lowest BCUT2D eigenvalue weighted by atomic mass is 10.2. The molecule has 0 saturated heterocycles. The van der Waals surface area contributed by atoms with Crippen molar-refractivity contribution in [2.75, 3.05) is 25.4 Å². The van der Waals surface area contributed by atoms with Crippen molar-refractivity contribution in [1.29, 1.82) is 0 Å². The Morgan fingerprint density at radius 2 is 1.90 bits per heavy atom. The topological polar surface area (TPSA) is 93.5 Å². The molecule has 0 saturated carbocycles. The number of carbonyl (C=O) groups is 2. The third kappa shape index (κ3) is 6.08. The van der Waals surface area contributed by atoms with Crippen molar-refractivity contribution >= 4 is 17.5 Å². The molecular weight excluding hydrogens is 258 g/mol. The summed E-state index contributed by atoms with van der Waals surface area (Å²) in [6, 6.07) is 6.91. The van der Waals surface area contributed by atoms with Gasteiger partial charge in [0, 0.05) is 6.54 Å². The molecule has 0 heterocycles. The van der Waals surface area contributed by atoms with Crippen LogP contribution in [0.15, 0.2) is 24.3 Å². The molecule has 1 aromatic rings. The van der Waals surface area contributed by atoms with Gasteiger partial charge in [0.2, 0.25) is 5.91 Å². The van der Waals surface area contributed by atoms with Gasteiger partial charge in [0.05, 0.1) is 12.2 Å². The number of carbonyl (C=O) groups excluding carboxylic acids is 2. The van der Waals surface area contributed by atoms with Crippen LogP contribution in [0.2, 0.25) is 0 Å². The summed E-state index contributed by atoms with van der Waals surface area (Å²) in [5.41, 5.74) is 6.14. The molecule has 1 rings (SSSR count). The van der Waals surface area contributed by atoms with E-state index >= 15 is 0 Å². The number of hydrogen-bond acceptors (Lipinski definition) is 4. The number of anilines is 1. The van der Waals surface area contributed by atoms with E-state index in [0.717, 1.165) is 0 Å². The first-order chi connectivity index (χ1) is 9.49. The number of benzene rings is 1. The summed E-state index contributed by atoms with van der Waals surface area (Å²) in [5, 5.41) is 5.18. The lowest BCUT2D eigenvalue weighted by Crippen LogP contribution is -2.39. The summed E-state index contributed by atoms with van der Waals surface area (Å²) in [5.74, 6) is 0.241. The smallest absolute Gasteiger partial charge is 0.258 e. The number of nitrogens with two attached hydrogens (primary N) is 1. The fourth-order valence-corrected chi connectivity index (χ4v) is 1.37. The van der Waals surface area contributed by atoms with Crippen LogP contribution in [0.3, 0.4) is 0 Å². The van der Waals surface area contributed by atoms with Crippen molar-refractivity contribution in [1.82, 2.24) is 10.6 Å². The minimum Gasteiger partial charge on any atom is -0.482 e. The highest BCUT2D eigenvalue weighted by Gasteiger charge is 2.07. The zero-order valence-corrected chi connectivity index (χ0v) is 11.8. The molecule has 0 unspecified atom stereocenters. The van der Waals surface area contributed by atoms with E-state index in [1.807, 2.05) is 13.8 Å². The minimum absolute atomic E-state index is 0.0564. The van der Waals surface area contributed by atoms with Crippen molar-refractivity contribution in [2.24, 2.45) is 5.92 Å². The molecule has 1 aromatic carbocycles. The maximum atomic E-state index is 11.5. The first-order valence-electron chi connectivity index (χ1n) is 6.49. The van der Waals surface area contributed by atoms with Crippen LogP contribution in [0.1, 0.15) is 13.8 Å². The van der Waals surface area contributed by atoms with Crippen LogP contribution in [0, 0.1) is 5.92 Å². The highest BCUT2D eigenvalue weighted by atomic mass is 16.5. The number of nitrogen functional groups attached to an aromatic ring is 1. The number of ether oxygens (including phenoxy) is 1. The Morgan fingerprint density at radius 1 is 1.20 bits per heavy atom. The Balaban J connectivity index is 2.24. The van der Waals surface area contributed by atoms with E-state index in [2.05, 4.69) is 10.6 Å². The van der Waals surface area contributed by atoms with Gasteiger partial charge in [0.1, 0.15) is 5.75 Å². The molecule has 0 radical (unpaired) electrons. The van der Waals surface area contributed by atoms with E-state index in [9.17, 15) is 9.59 Å². The van der Waals surface area contributed by atoms with Gasteiger partial charge in [-0.2, -0.15) is 0 Å². The number of para-hydroxylation sites is 2. The summed E-state index contributed by atoms with van der Waals surface area (Å²) in [7, 11) is 0. The maximum absolute atomic E-state index is 11.5. The van der Waals surface area contributed by atoms with Crippen LogP contribution in [0.5, 0.6) is 5.75 Å². The van der Waals surface area contributed by atoms with Gasteiger partial charge in [-0.15, -0.1) is 0 Å². The van der Waals surface area contributed by atoms with Crippen LogP contribution in [-0.2, 0) is 9.59 Å². The number of hydrogen-bond donors (Lipinski definition) is 3. The quantitative estimate of drug-likeness (QED) is 0.635. The zero-order chi connectivity index (χ0) is 15.0. The summed E-state index contributed by atoms with van der Waals surface area (Å²) < 4.78 is 5.26. The van der Waals surface area contributed by atoms with E-state index in [0.29, 0.717) is 23.9 Å². The molecule has 20 heavy (non-hydrogen) atoms. The molecule has 110 valence electrons. The molecular formula is C14H21N3O3. The normalized spacial score (nSPS) is 10.2. The van der Waals surface area contributed by atoms with E-state index in [1.54, 1.807) is 24.3 Å². The molecule has 2 amide bonds. The predicted molar refractivity (Wildman–Crippen MR) is 77.2 cm³/mol. The van der Waals surface area contributed by atoms with E-state index in [-0.39, 0.29) is 25.0 Å². The Kier molecular flexibility index (Phi) is 6.36. The van der Waals surface area contributed by atoms with E-state index < -0.39 is 0 Å². The number of nitrogens with one attached hydrogen (secondary N) is 2. The second kappa shape index (κ2) is 8.04. The van der Waals surface area contributed by atoms with Gasteiger partial charge < -0.3 is 21.1 Å². The van der Waals surface area contributed by atoms with E-state index in [1.165, 1.54) is 0 Å². The van der Waals surface area contributed by atoms with Crippen LogP contribution in [0.4, 0.5) is 5.69 Å². The standard InChI is InChI=1S/C14H21N3O3/c1-10(2)7-16-13(18)8-17-14(19)9-20-12-6-4-3-5-11(12)15/h3-6,10H,7-9,15H2,1-2H3,(H,16,18)(H,17,19). The first kappa shape index (κ1) is 15.8. The summed E-state index contributed by atoms with van der Waals surface area (Å²) in [6.45, 7) is 4.35. The second-order valence-electron chi connectivity index (χ2n) is 4.80. The van der Waals surface area contributed by atoms with Gasteiger partial charge in [0.25, 0.3) is 5.91 Å². The summed E-state index contributed by atoms with van der Waals surface area (Å²) in [6.07, 6.45) is 0. The molecule has 0 aromatic heterocycles. The van der Waals surface area contributed by atoms with Gasteiger partial charge in [-0.1, -0.05) is 26.0 Å². The molecule has 4 N–H and O–H groups in total. The average Bonchev–Trinajstić information content (AvgIpc) is 2.42. The van der Waals surface area contributed by atoms with Crippen LogP contribution in [-0.4, -0.2) is 31.5 Å². The summed E-state index contributed by atoms with van der Waals surface area (Å²) >= 11 is 0. The molecule has 6 nitrogen and oxygen atoms in total. The van der Waals surface area contributed by atoms with Crippen LogP contribution >= 0.6 is 0 Å². The Hall–Kier alpha value is -2.24. The average molecular weight is 279 g/mol. The molecule has 0 atom stereocenters. The van der Waals surface area contributed by atoms with Gasteiger partial charge in [0.15, 0.2) is 6.61 Å². The van der Waals surface area contributed by atoms with Gasteiger partial charge in [-0.3, -0.25) is 9.59 Å². The fourth-order valence-electron chi connectivity index (χ4n) is 1.37. The monoisotopic (exact) mass is 279 g/mol. The lowest BCUT2D eigenvalue weighted by Gasteiger charge is -2.10. The summed E-state index contributed by atoms with van der Waals surface area (Å²) in [4.78, 5) is 22.9. The van der Waals surface area contributed by atoms with Crippen molar-refractivity contribution in [3.05, 3.63) is 24.3 Å². The van der Waals surface area contributed by atoms with Crippen LogP contribution in [0.25, 0.3) is 0 Å². The Bertz CT molecular complexity index is 461. The van der Waals surface area contributed by atoms with Crippen molar-refractivity contribution in [2.45, 2.75) is 13.8 Å². The molecule has 0 fully saturated rings. The highest BCUT2D eigenvalue weighted by Crippen LogP contribution is 2.19. The minimum atomic E-state index is -0.368. The molecule has 0 aliphatic heterocycles. The molecule has 0 aliphatic carbocycles. The highest BCUT2D eigenvalue weighted by molar-refractivity contribution is 5.85. The molecule has 0 aliphatic rings.